The van der Waals surface area contributed by atoms with E-state index in [1.54, 1.807) is 12.1 Å². The van der Waals surface area contributed by atoms with Crippen molar-refractivity contribution in [2.45, 2.75) is 11.8 Å². The summed E-state index contributed by atoms with van der Waals surface area (Å²) >= 11 is 0. The van der Waals surface area contributed by atoms with E-state index >= 15 is 0 Å². The normalized spacial score (nSPS) is 15.8. The van der Waals surface area contributed by atoms with Gasteiger partial charge < -0.3 is 10.0 Å². The van der Waals surface area contributed by atoms with E-state index in [0.717, 1.165) is 5.69 Å². The number of halogens is 1. The average molecular weight is 378 g/mol. The highest BCUT2D eigenvalue weighted by atomic mass is 32.2. The van der Waals surface area contributed by atoms with E-state index in [2.05, 4.69) is 0 Å². The Hall–Kier alpha value is -2.45. The van der Waals surface area contributed by atoms with Gasteiger partial charge in [-0.25, -0.2) is 17.6 Å². The van der Waals surface area contributed by atoms with Gasteiger partial charge in [-0.1, -0.05) is 6.07 Å². The number of carboxylic acid groups (broad SMARTS) is 1. The van der Waals surface area contributed by atoms with Crippen LogP contribution >= 0.6 is 0 Å². The van der Waals surface area contributed by atoms with Crippen molar-refractivity contribution in [1.82, 2.24) is 4.31 Å². The molecule has 3 rings (SSSR count). The minimum absolute atomic E-state index is 0.0176. The number of hydrogen-bond acceptors (Lipinski definition) is 4. The summed E-state index contributed by atoms with van der Waals surface area (Å²) < 4.78 is 40.3. The number of carbonyl (C=O) groups is 1. The Morgan fingerprint density at radius 3 is 2.23 bits per heavy atom. The van der Waals surface area contributed by atoms with E-state index in [1.165, 1.54) is 41.6 Å². The van der Waals surface area contributed by atoms with Crippen molar-refractivity contribution < 1.29 is 22.7 Å². The molecule has 2 aromatic rings. The molecule has 1 aliphatic rings. The average Bonchev–Trinajstić information content (AvgIpc) is 2.62. The van der Waals surface area contributed by atoms with Gasteiger partial charge >= 0.3 is 5.97 Å². The smallest absolute Gasteiger partial charge is 0.335 e. The first-order chi connectivity index (χ1) is 12.3. The maximum atomic E-state index is 13.0. The predicted octanol–water partition coefficient (Wildman–Crippen LogP) is 2.34. The zero-order valence-corrected chi connectivity index (χ0v) is 15.0. The molecule has 0 amide bonds. The monoisotopic (exact) mass is 378 g/mol. The van der Waals surface area contributed by atoms with Crippen molar-refractivity contribution >= 4 is 21.7 Å². The number of sulfonamides is 1. The number of benzene rings is 2. The zero-order valence-electron chi connectivity index (χ0n) is 14.2. The van der Waals surface area contributed by atoms with Crippen molar-refractivity contribution in [2.24, 2.45) is 0 Å². The van der Waals surface area contributed by atoms with Crippen LogP contribution in [0.25, 0.3) is 0 Å². The van der Waals surface area contributed by atoms with E-state index in [1.807, 2.05) is 4.90 Å². The Labute approximate surface area is 151 Å². The lowest BCUT2D eigenvalue weighted by atomic mass is 10.1. The number of rotatable bonds is 4. The molecule has 6 nitrogen and oxygen atoms in total. The molecule has 1 N–H and O–H groups in total. The third-order valence-electron chi connectivity index (χ3n) is 4.56. The molecular formula is C18H19FN2O4S. The summed E-state index contributed by atoms with van der Waals surface area (Å²) in [4.78, 5) is 13.3. The number of nitrogens with zero attached hydrogens (tertiary/aromatic N) is 2. The second kappa shape index (κ2) is 7.05. The molecule has 1 heterocycles. The molecule has 0 saturated carbocycles. The van der Waals surface area contributed by atoms with Crippen LogP contribution in [-0.2, 0) is 10.0 Å². The first kappa shape index (κ1) is 18.3. The van der Waals surface area contributed by atoms with Crippen LogP contribution in [0.15, 0.2) is 47.4 Å². The summed E-state index contributed by atoms with van der Waals surface area (Å²) in [6.07, 6.45) is 0. The van der Waals surface area contributed by atoms with Crippen molar-refractivity contribution in [3.05, 3.63) is 59.4 Å². The highest BCUT2D eigenvalue weighted by molar-refractivity contribution is 7.89. The van der Waals surface area contributed by atoms with Crippen LogP contribution in [0.2, 0.25) is 0 Å². The molecule has 2 aromatic carbocycles. The van der Waals surface area contributed by atoms with Gasteiger partial charge in [-0.05, 0) is 48.9 Å². The second-order valence-corrected chi connectivity index (χ2v) is 8.01. The fourth-order valence-corrected chi connectivity index (χ4v) is 4.77. The first-order valence-electron chi connectivity index (χ1n) is 8.14. The Bertz CT molecular complexity index is 921. The zero-order chi connectivity index (χ0) is 18.9. The minimum Gasteiger partial charge on any atom is -0.478 e. The maximum absolute atomic E-state index is 13.0. The van der Waals surface area contributed by atoms with Gasteiger partial charge in [0.2, 0.25) is 10.0 Å². The largest absolute Gasteiger partial charge is 0.478 e. The number of anilines is 1. The molecular weight excluding hydrogens is 359 g/mol. The summed E-state index contributed by atoms with van der Waals surface area (Å²) in [7, 11) is -3.78. The molecule has 0 atom stereocenters. The van der Waals surface area contributed by atoms with E-state index in [9.17, 15) is 22.7 Å². The van der Waals surface area contributed by atoms with Gasteiger partial charge in [0.25, 0.3) is 0 Å². The van der Waals surface area contributed by atoms with Crippen LogP contribution in [0.5, 0.6) is 0 Å². The molecule has 138 valence electrons. The van der Waals surface area contributed by atoms with Crippen molar-refractivity contribution in [3.63, 3.8) is 0 Å². The number of hydrogen-bond donors (Lipinski definition) is 1. The summed E-state index contributed by atoms with van der Waals surface area (Å²) in [6.45, 7) is 3.00. The molecule has 0 radical (unpaired) electrons. The summed E-state index contributed by atoms with van der Waals surface area (Å²) in [5.41, 5.74) is 1.06. The quantitative estimate of drug-likeness (QED) is 0.884. The summed E-state index contributed by atoms with van der Waals surface area (Å²) in [6, 6.07) is 10.4. The summed E-state index contributed by atoms with van der Waals surface area (Å²) in [5.74, 6) is -1.47. The van der Waals surface area contributed by atoms with Crippen LogP contribution < -0.4 is 4.90 Å². The Kier molecular flexibility index (Phi) is 4.97. The lowest BCUT2D eigenvalue weighted by Gasteiger charge is -2.35. The highest BCUT2D eigenvalue weighted by Crippen LogP contribution is 2.25. The van der Waals surface area contributed by atoms with Crippen LogP contribution in [0.3, 0.4) is 0 Å². The van der Waals surface area contributed by atoms with Gasteiger partial charge in [0.05, 0.1) is 10.5 Å². The molecule has 0 aromatic heterocycles. The molecule has 1 aliphatic heterocycles. The van der Waals surface area contributed by atoms with Crippen LogP contribution in [0.4, 0.5) is 10.1 Å². The fourth-order valence-electron chi connectivity index (χ4n) is 3.10. The molecule has 1 saturated heterocycles. The van der Waals surface area contributed by atoms with Gasteiger partial charge in [0, 0.05) is 31.9 Å². The van der Waals surface area contributed by atoms with Crippen molar-refractivity contribution in [1.29, 1.82) is 0 Å². The topological polar surface area (TPSA) is 77.9 Å². The number of aromatic carboxylic acids is 1. The third kappa shape index (κ3) is 3.42. The van der Waals surface area contributed by atoms with E-state index in [0.29, 0.717) is 13.1 Å². The fraction of sp³-hybridized carbons (Fsp3) is 0.278. The van der Waals surface area contributed by atoms with Gasteiger partial charge in [-0.2, -0.15) is 4.31 Å². The molecule has 8 heteroatoms. The van der Waals surface area contributed by atoms with E-state index in [-0.39, 0.29) is 34.9 Å². The maximum Gasteiger partial charge on any atom is 0.335 e. The lowest BCUT2D eigenvalue weighted by molar-refractivity contribution is 0.0696. The van der Waals surface area contributed by atoms with Gasteiger partial charge in [0.1, 0.15) is 5.82 Å². The van der Waals surface area contributed by atoms with Crippen LogP contribution in [-0.4, -0.2) is 50.0 Å². The highest BCUT2D eigenvalue weighted by Gasteiger charge is 2.30. The van der Waals surface area contributed by atoms with Crippen LogP contribution in [0, 0.1) is 12.7 Å². The Morgan fingerprint density at radius 1 is 1.04 bits per heavy atom. The SMILES string of the molecule is Cc1c(C(=O)O)cccc1S(=O)(=O)N1CCN(c2ccc(F)cc2)CC1. The first-order valence-corrected chi connectivity index (χ1v) is 9.58. The Balaban J connectivity index is 1.79. The number of piperazine rings is 1. The number of carboxylic acids is 1. The van der Waals surface area contributed by atoms with Gasteiger partial charge in [-0.15, -0.1) is 0 Å². The third-order valence-corrected chi connectivity index (χ3v) is 6.61. The molecule has 0 spiro atoms. The van der Waals surface area contributed by atoms with E-state index < -0.39 is 16.0 Å². The standard InChI is InChI=1S/C18H19FN2O4S/c1-13-16(18(22)23)3-2-4-17(13)26(24,25)21-11-9-20(10-12-21)15-7-5-14(19)6-8-15/h2-8H,9-12H2,1H3,(H,22,23). The van der Waals surface area contributed by atoms with Crippen molar-refractivity contribution in [2.75, 3.05) is 31.1 Å². The minimum atomic E-state index is -3.78. The summed E-state index contributed by atoms with van der Waals surface area (Å²) in [5, 5.41) is 9.20. The van der Waals surface area contributed by atoms with Crippen molar-refractivity contribution in [3.8, 4) is 0 Å². The van der Waals surface area contributed by atoms with Crippen LogP contribution in [0.1, 0.15) is 15.9 Å². The predicted molar refractivity (Wildman–Crippen MR) is 95.5 cm³/mol. The second-order valence-electron chi connectivity index (χ2n) is 6.10. The van der Waals surface area contributed by atoms with Gasteiger partial charge in [-0.3, -0.25) is 0 Å². The molecule has 0 bridgehead atoms. The molecule has 0 unspecified atom stereocenters. The molecule has 26 heavy (non-hydrogen) atoms. The van der Waals surface area contributed by atoms with Gasteiger partial charge in [0.15, 0.2) is 0 Å². The lowest BCUT2D eigenvalue weighted by Crippen LogP contribution is -2.48. The molecule has 0 aliphatic carbocycles. The van der Waals surface area contributed by atoms with E-state index in [4.69, 9.17) is 0 Å². The Morgan fingerprint density at radius 2 is 1.65 bits per heavy atom. The molecule has 1 fully saturated rings.